The third-order valence-electron chi connectivity index (χ3n) is 2.79. The summed E-state index contributed by atoms with van der Waals surface area (Å²) >= 11 is 0. The van der Waals surface area contributed by atoms with Gasteiger partial charge in [0, 0.05) is 0 Å². The van der Waals surface area contributed by atoms with Crippen LogP contribution in [0.5, 0.6) is 11.5 Å². The standard InChI is InChI=1S/C16H16O3/c1-2-8-19-15-5-3-4-12(10-15)13-6-7-16(18)14(9-13)11-17/h3-7,9-11,18H,2,8H2,1H3. The fourth-order valence-corrected chi connectivity index (χ4v) is 1.81. The minimum atomic E-state index is -0.00265. The molecule has 0 aliphatic rings. The number of carbonyl (C=O) groups is 1. The molecule has 0 fully saturated rings. The van der Waals surface area contributed by atoms with E-state index in [9.17, 15) is 9.90 Å². The smallest absolute Gasteiger partial charge is 0.153 e. The Hall–Kier alpha value is -2.29. The van der Waals surface area contributed by atoms with Gasteiger partial charge in [0.15, 0.2) is 6.29 Å². The number of aldehydes is 1. The van der Waals surface area contributed by atoms with E-state index in [2.05, 4.69) is 6.92 Å². The predicted molar refractivity (Wildman–Crippen MR) is 74.7 cm³/mol. The summed E-state index contributed by atoms with van der Waals surface area (Å²) < 4.78 is 5.58. The second-order valence-electron chi connectivity index (χ2n) is 4.27. The van der Waals surface area contributed by atoms with Gasteiger partial charge in [0.25, 0.3) is 0 Å². The number of hydrogen-bond acceptors (Lipinski definition) is 3. The Morgan fingerprint density at radius 3 is 2.68 bits per heavy atom. The van der Waals surface area contributed by atoms with Crippen molar-refractivity contribution in [1.82, 2.24) is 0 Å². The SMILES string of the molecule is CCCOc1cccc(-c2ccc(O)c(C=O)c2)c1. The summed E-state index contributed by atoms with van der Waals surface area (Å²) in [7, 11) is 0. The van der Waals surface area contributed by atoms with Crippen molar-refractivity contribution < 1.29 is 14.6 Å². The molecule has 0 atom stereocenters. The van der Waals surface area contributed by atoms with Gasteiger partial charge in [0.1, 0.15) is 11.5 Å². The van der Waals surface area contributed by atoms with Gasteiger partial charge in [-0.1, -0.05) is 25.1 Å². The highest BCUT2D eigenvalue weighted by molar-refractivity contribution is 5.82. The zero-order chi connectivity index (χ0) is 13.7. The molecule has 0 saturated carbocycles. The van der Waals surface area contributed by atoms with Crippen LogP contribution in [0.25, 0.3) is 11.1 Å². The van der Waals surface area contributed by atoms with E-state index in [1.54, 1.807) is 12.1 Å². The molecule has 98 valence electrons. The highest BCUT2D eigenvalue weighted by Gasteiger charge is 2.04. The molecule has 3 heteroatoms. The van der Waals surface area contributed by atoms with Crippen molar-refractivity contribution in [2.75, 3.05) is 6.61 Å². The molecule has 0 bridgehead atoms. The molecule has 0 aliphatic heterocycles. The van der Waals surface area contributed by atoms with Gasteiger partial charge in [-0.15, -0.1) is 0 Å². The molecule has 3 nitrogen and oxygen atoms in total. The predicted octanol–water partition coefficient (Wildman–Crippen LogP) is 3.66. The van der Waals surface area contributed by atoms with E-state index in [0.717, 1.165) is 23.3 Å². The molecule has 0 unspecified atom stereocenters. The van der Waals surface area contributed by atoms with Crippen LogP contribution in [0, 0.1) is 0 Å². The van der Waals surface area contributed by atoms with Crippen molar-refractivity contribution >= 4 is 6.29 Å². The topological polar surface area (TPSA) is 46.5 Å². The van der Waals surface area contributed by atoms with Gasteiger partial charge in [0.05, 0.1) is 12.2 Å². The van der Waals surface area contributed by atoms with Crippen molar-refractivity contribution in [3.63, 3.8) is 0 Å². The number of rotatable bonds is 5. The summed E-state index contributed by atoms with van der Waals surface area (Å²) in [5, 5.41) is 9.50. The first-order valence-electron chi connectivity index (χ1n) is 6.26. The van der Waals surface area contributed by atoms with E-state index >= 15 is 0 Å². The average Bonchev–Trinajstić information content (AvgIpc) is 2.46. The number of aromatic hydroxyl groups is 1. The summed E-state index contributed by atoms with van der Waals surface area (Å²) in [4.78, 5) is 10.8. The maximum Gasteiger partial charge on any atom is 0.153 e. The highest BCUT2D eigenvalue weighted by Crippen LogP contribution is 2.27. The lowest BCUT2D eigenvalue weighted by molar-refractivity contribution is 0.112. The lowest BCUT2D eigenvalue weighted by Gasteiger charge is -2.08. The zero-order valence-corrected chi connectivity index (χ0v) is 10.8. The van der Waals surface area contributed by atoms with Crippen LogP contribution in [-0.4, -0.2) is 18.0 Å². The third-order valence-corrected chi connectivity index (χ3v) is 2.79. The fraction of sp³-hybridized carbons (Fsp3) is 0.188. The molecule has 0 aliphatic carbocycles. The second-order valence-corrected chi connectivity index (χ2v) is 4.27. The summed E-state index contributed by atoms with van der Waals surface area (Å²) in [6.45, 7) is 2.73. The highest BCUT2D eigenvalue weighted by atomic mass is 16.5. The Bertz CT molecular complexity index is 576. The van der Waals surface area contributed by atoms with Crippen molar-refractivity contribution in [3.8, 4) is 22.6 Å². The van der Waals surface area contributed by atoms with Gasteiger partial charge < -0.3 is 9.84 Å². The Kier molecular flexibility index (Phi) is 4.18. The number of phenols is 1. The molecule has 0 aromatic heterocycles. The quantitative estimate of drug-likeness (QED) is 0.830. The molecule has 0 saturated heterocycles. The van der Waals surface area contributed by atoms with Crippen molar-refractivity contribution in [2.45, 2.75) is 13.3 Å². The van der Waals surface area contributed by atoms with E-state index in [1.165, 1.54) is 6.07 Å². The Morgan fingerprint density at radius 2 is 1.95 bits per heavy atom. The van der Waals surface area contributed by atoms with Gasteiger partial charge in [-0.3, -0.25) is 4.79 Å². The molecule has 2 rings (SSSR count). The lowest BCUT2D eigenvalue weighted by Crippen LogP contribution is -1.94. The van der Waals surface area contributed by atoms with Crippen LogP contribution in [0.1, 0.15) is 23.7 Å². The van der Waals surface area contributed by atoms with Crippen molar-refractivity contribution in [3.05, 3.63) is 48.0 Å². The molecular weight excluding hydrogens is 240 g/mol. The first kappa shape index (κ1) is 13.1. The maximum atomic E-state index is 10.8. The molecule has 0 spiro atoms. The molecule has 2 aromatic rings. The van der Waals surface area contributed by atoms with Crippen LogP contribution >= 0.6 is 0 Å². The van der Waals surface area contributed by atoms with Gasteiger partial charge >= 0.3 is 0 Å². The molecule has 19 heavy (non-hydrogen) atoms. The van der Waals surface area contributed by atoms with Crippen molar-refractivity contribution in [1.29, 1.82) is 0 Å². The molecule has 1 N–H and O–H groups in total. The van der Waals surface area contributed by atoms with Gasteiger partial charge in [-0.25, -0.2) is 0 Å². The molecular formula is C16H16O3. The van der Waals surface area contributed by atoms with Gasteiger partial charge in [-0.2, -0.15) is 0 Å². The first-order chi connectivity index (χ1) is 9.24. The molecule has 2 aromatic carbocycles. The molecule has 0 amide bonds. The number of phenolic OH excluding ortho intramolecular Hbond substituents is 1. The Labute approximate surface area is 112 Å². The number of carbonyl (C=O) groups excluding carboxylic acids is 1. The maximum absolute atomic E-state index is 10.8. The first-order valence-corrected chi connectivity index (χ1v) is 6.26. The fourth-order valence-electron chi connectivity index (χ4n) is 1.81. The van der Waals surface area contributed by atoms with E-state index in [1.807, 2.05) is 24.3 Å². The monoisotopic (exact) mass is 256 g/mol. The summed E-state index contributed by atoms with van der Waals surface area (Å²) in [5.74, 6) is 0.803. The van der Waals surface area contributed by atoms with Crippen LogP contribution in [0.2, 0.25) is 0 Å². The van der Waals surface area contributed by atoms with Gasteiger partial charge in [-0.05, 0) is 41.8 Å². The number of ether oxygens (including phenoxy) is 1. The van der Waals surface area contributed by atoms with Crippen LogP contribution in [0.15, 0.2) is 42.5 Å². The van der Waals surface area contributed by atoms with Crippen LogP contribution in [0.4, 0.5) is 0 Å². The minimum absolute atomic E-state index is 0.00265. The normalized spacial score (nSPS) is 10.2. The Morgan fingerprint density at radius 1 is 1.16 bits per heavy atom. The van der Waals surface area contributed by atoms with E-state index < -0.39 is 0 Å². The van der Waals surface area contributed by atoms with E-state index in [4.69, 9.17) is 4.74 Å². The van der Waals surface area contributed by atoms with E-state index in [0.29, 0.717) is 12.9 Å². The average molecular weight is 256 g/mol. The summed E-state index contributed by atoms with van der Waals surface area (Å²) in [6.07, 6.45) is 1.61. The number of benzene rings is 2. The molecule has 0 heterocycles. The number of hydrogen-bond donors (Lipinski definition) is 1. The van der Waals surface area contributed by atoms with Crippen LogP contribution in [-0.2, 0) is 0 Å². The Balaban J connectivity index is 2.33. The van der Waals surface area contributed by atoms with Crippen molar-refractivity contribution in [2.24, 2.45) is 0 Å². The zero-order valence-electron chi connectivity index (χ0n) is 10.8. The largest absolute Gasteiger partial charge is 0.507 e. The minimum Gasteiger partial charge on any atom is -0.507 e. The van der Waals surface area contributed by atoms with Crippen LogP contribution in [0.3, 0.4) is 0 Å². The van der Waals surface area contributed by atoms with Gasteiger partial charge in [0.2, 0.25) is 0 Å². The van der Waals surface area contributed by atoms with E-state index in [-0.39, 0.29) is 11.3 Å². The third kappa shape index (κ3) is 3.13. The summed E-state index contributed by atoms with van der Waals surface area (Å²) in [6, 6.07) is 12.7. The van der Waals surface area contributed by atoms with Crippen LogP contribution < -0.4 is 4.74 Å². The molecule has 0 radical (unpaired) electrons. The lowest BCUT2D eigenvalue weighted by atomic mass is 10.0. The summed E-state index contributed by atoms with van der Waals surface area (Å²) in [5.41, 5.74) is 2.12. The second kappa shape index (κ2) is 6.05.